The molecule has 1 atom stereocenters. The smallest absolute Gasteiger partial charge is 0.303 e. The number of nitrogens with zero attached hydrogens (tertiary/aromatic N) is 1. The van der Waals surface area contributed by atoms with Gasteiger partial charge in [-0.15, -0.1) is 0 Å². The standard InChI is InChI=1S/C13H17Cl2NO2/c1-9(16(2)7-3-4-13(17)18)11-8-10(14)5-6-12(11)15/h5-6,8-9H,3-4,7H2,1-2H3,(H,17,18). The number of carbonyl (C=O) groups is 1. The Bertz CT molecular complexity index is 423. The van der Waals surface area contributed by atoms with Crippen LogP contribution in [-0.2, 0) is 4.79 Å². The number of benzene rings is 1. The van der Waals surface area contributed by atoms with Crippen molar-refractivity contribution in [2.45, 2.75) is 25.8 Å². The van der Waals surface area contributed by atoms with Crippen LogP contribution in [0, 0.1) is 0 Å². The Morgan fingerprint density at radius 3 is 2.72 bits per heavy atom. The summed E-state index contributed by atoms with van der Waals surface area (Å²) in [7, 11) is 1.95. The first kappa shape index (κ1) is 15.3. The molecule has 0 heterocycles. The van der Waals surface area contributed by atoms with E-state index in [1.54, 1.807) is 12.1 Å². The molecule has 100 valence electrons. The summed E-state index contributed by atoms with van der Waals surface area (Å²) < 4.78 is 0. The quantitative estimate of drug-likeness (QED) is 0.865. The molecule has 0 spiro atoms. The second kappa shape index (κ2) is 6.98. The lowest BCUT2D eigenvalue weighted by Crippen LogP contribution is -2.24. The number of hydrogen-bond donors (Lipinski definition) is 1. The summed E-state index contributed by atoms with van der Waals surface area (Å²) in [5, 5.41) is 9.94. The lowest BCUT2D eigenvalue weighted by Gasteiger charge is -2.25. The van der Waals surface area contributed by atoms with Crippen LogP contribution in [0.3, 0.4) is 0 Å². The molecule has 0 aliphatic rings. The van der Waals surface area contributed by atoms with Crippen molar-refractivity contribution in [2.75, 3.05) is 13.6 Å². The van der Waals surface area contributed by atoms with Gasteiger partial charge in [0.1, 0.15) is 0 Å². The Morgan fingerprint density at radius 2 is 2.11 bits per heavy atom. The van der Waals surface area contributed by atoms with E-state index in [0.717, 1.165) is 5.56 Å². The minimum atomic E-state index is -0.767. The van der Waals surface area contributed by atoms with Crippen molar-refractivity contribution in [3.05, 3.63) is 33.8 Å². The van der Waals surface area contributed by atoms with Crippen LogP contribution in [0.15, 0.2) is 18.2 Å². The first-order valence-electron chi connectivity index (χ1n) is 5.78. The molecule has 3 nitrogen and oxygen atoms in total. The van der Waals surface area contributed by atoms with E-state index in [1.807, 2.05) is 20.0 Å². The number of carboxylic acids is 1. The highest BCUT2D eigenvalue weighted by molar-refractivity contribution is 6.33. The summed E-state index contributed by atoms with van der Waals surface area (Å²) >= 11 is 12.1. The maximum atomic E-state index is 10.5. The molecule has 5 heteroatoms. The fraction of sp³-hybridized carbons (Fsp3) is 0.462. The number of rotatable bonds is 6. The van der Waals surface area contributed by atoms with Crippen LogP contribution in [-0.4, -0.2) is 29.6 Å². The van der Waals surface area contributed by atoms with E-state index in [0.29, 0.717) is 23.0 Å². The SMILES string of the molecule is CC(c1cc(Cl)ccc1Cl)N(C)CCCC(=O)O. The van der Waals surface area contributed by atoms with E-state index in [2.05, 4.69) is 4.90 Å². The van der Waals surface area contributed by atoms with Crippen LogP contribution in [0.2, 0.25) is 10.0 Å². The molecule has 1 aromatic rings. The molecule has 0 amide bonds. The normalized spacial score (nSPS) is 12.7. The summed E-state index contributed by atoms with van der Waals surface area (Å²) in [6.07, 6.45) is 0.800. The fourth-order valence-corrected chi connectivity index (χ4v) is 2.20. The third-order valence-electron chi connectivity index (χ3n) is 2.97. The molecule has 0 bridgehead atoms. The summed E-state index contributed by atoms with van der Waals surface area (Å²) in [6.45, 7) is 2.73. The van der Waals surface area contributed by atoms with E-state index in [4.69, 9.17) is 28.3 Å². The third-order valence-corrected chi connectivity index (χ3v) is 3.55. The van der Waals surface area contributed by atoms with Gasteiger partial charge in [0.15, 0.2) is 0 Å². The zero-order chi connectivity index (χ0) is 13.7. The van der Waals surface area contributed by atoms with Crippen molar-refractivity contribution < 1.29 is 9.90 Å². The molecule has 0 aromatic heterocycles. The molecule has 1 unspecified atom stereocenters. The van der Waals surface area contributed by atoms with Crippen LogP contribution in [0.25, 0.3) is 0 Å². The lowest BCUT2D eigenvalue weighted by atomic mass is 10.1. The molecule has 0 fully saturated rings. The van der Waals surface area contributed by atoms with Gasteiger partial charge in [0.2, 0.25) is 0 Å². The molecule has 0 saturated carbocycles. The van der Waals surface area contributed by atoms with Gasteiger partial charge in [0.25, 0.3) is 0 Å². The summed E-state index contributed by atoms with van der Waals surface area (Å²) in [5.41, 5.74) is 0.960. The number of aliphatic carboxylic acids is 1. The Hall–Kier alpha value is -0.770. The average Bonchev–Trinajstić information content (AvgIpc) is 2.30. The Morgan fingerprint density at radius 1 is 1.44 bits per heavy atom. The van der Waals surface area contributed by atoms with E-state index in [-0.39, 0.29) is 12.5 Å². The fourth-order valence-electron chi connectivity index (χ4n) is 1.75. The monoisotopic (exact) mass is 289 g/mol. The minimum absolute atomic E-state index is 0.102. The highest BCUT2D eigenvalue weighted by atomic mass is 35.5. The molecule has 0 aliphatic carbocycles. The van der Waals surface area contributed by atoms with E-state index >= 15 is 0 Å². The number of halogens is 2. The highest BCUT2D eigenvalue weighted by Gasteiger charge is 2.15. The van der Waals surface area contributed by atoms with Crippen molar-refractivity contribution in [2.24, 2.45) is 0 Å². The van der Waals surface area contributed by atoms with Crippen LogP contribution >= 0.6 is 23.2 Å². The molecule has 1 N–H and O–H groups in total. The molecule has 1 rings (SSSR count). The van der Waals surface area contributed by atoms with Gasteiger partial charge in [-0.25, -0.2) is 0 Å². The maximum Gasteiger partial charge on any atom is 0.303 e. The van der Waals surface area contributed by atoms with E-state index < -0.39 is 5.97 Å². The van der Waals surface area contributed by atoms with E-state index in [1.165, 1.54) is 0 Å². The van der Waals surface area contributed by atoms with Crippen LogP contribution in [0.5, 0.6) is 0 Å². The van der Waals surface area contributed by atoms with Crippen molar-refractivity contribution in [1.82, 2.24) is 4.90 Å². The Labute approximate surface area is 117 Å². The molecule has 0 saturated heterocycles. The van der Waals surface area contributed by atoms with Gasteiger partial charge in [-0.1, -0.05) is 23.2 Å². The van der Waals surface area contributed by atoms with Gasteiger partial charge in [0.05, 0.1) is 0 Å². The maximum absolute atomic E-state index is 10.5. The first-order valence-corrected chi connectivity index (χ1v) is 6.54. The topological polar surface area (TPSA) is 40.5 Å². The van der Waals surface area contributed by atoms with Crippen molar-refractivity contribution >= 4 is 29.2 Å². The predicted octanol–water partition coefficient (Wildman–Crippen LogP) is 3.85. The second-order valence-corrected chi connectivity index (χ2v) is 5.16. The van der Waals surface area contributed by atoms with Crippen LogP contribution < -0.4 is 0 Å². The molecule has 0 radical (unpaired) electrons. The number of hydrogen-bond acceptors (Lipinski definition) is 2. The van der Waals surface area contributed by atoms with Crippen molar-refractivity contribution in [3.63, 3.8) is 0 Å². The molecule has 18 heavy (non-hydrogen) atoms. The van der Waals surface area contributed by atoms with Gasteiger partial charge in [-0.05, 0) is 50.7 Å². The van der Waals surface area contributed by atoms with E-state index in [9.17, 15) is 4.79 Å². The van der Waals surface area contributed by atoms with Crippen LogP contribution in [0.4, 0.5) is 0 Å². The summed E-state index contributed by atoms with van der Waals surface area (Å²) in [6, 6.07) is 5.48. The van der Waals surface area contributed by atoms with Gasteiger partial charge >= 0.3 is 5.97 Å². The minimum Gasteiger partial charge on any atom is -0.481 e. The molecule has 1 aromatic carbocycles. The molecular weight excluding hydrogens is 273 g/mol. The predicted molar refractivity (Wildman–Crippen MR) is 74.4 cm³/mol. The zero-order valence-corrected chi connectivity index (χ0v) is 12.0. The Kier molecular flexibility index (Phi) is 5.93. The Balaban J connectivity index is 2.64. The summed E-state index contributed by atoms with van der Waals surface area (Å²) in [4.78, 5) is 12.5. The zero-order valence-electron chi connectivity index (χ0n) is 10.5. The van der Waals surface area contributed by atoms with Crippen molar-refractivity contribution in [1.29, 1.82) is 0 Å². The highest BCUT2D eigenvalue weighted by Crippen LogP contribution is 2.29. The lowest BCUT2D eigenvalue weighted by molar-refractivity contribution is -0.137. The molecule has 0 aliphatic heterocycles. The summed E-state index contributed by atoms with van der Waals surface area (Å²) in [5.74, 6) is -0.767. The van der Waals surface area contributed by atoms with Crippen molar-refractivity contribution in [3.8, 4) is 0 Å². The number of carboxylic acid groups (broad SMARTS) is 1. The first-order chi connectivity index (χ1) is 8.41. The van der Waals surface area contributed by atoms with Gasteiger partial charge in [-0.3, -0.25) is 9.69 Å². The van der Waals surface area contributed by atoms with Gasteiger partial charge < -0.3 is 5.11 Å². The largest absolute Gasteiger partial charge is 0.481 e. The van der Waals surface area contributed by atoms with Gasteiger partial charge in [0, 0.05) is 22.5 Å². The van der Waals surface area contributed by atoms with Gasteiger partial charge in [-0.2, -0.15) is 0 Å². The second-order valence-electron chi connectivity index (χ2n) is 4.32. The third kappa shape index (κ3) is 4.48. The average molecular weight is 290 g/mol. The van der Waals surface area contributed by atoms with Crippen LogP contribution in [0.1, 0.15) is 31.4 Å². The molecular formula is C13H17Cl2NO2.